The highest BCUT2D eigenvalue weighted by atomic mass is 15.0. The summed E-state index contributed by atoms with van der Waals surface area (Å²) >= 11 is 0. The van der Waals surface area contributed by atoms with Crippen molar-refractivity contribution in [2.75, 3.05) is 0 Å². The van der Waals surface area contributed by atoms with E-state index >= 15 is 0 Å². The van der Waals surface area contributed by atoms with Crippen LogP contribution >= 0.6 is 0 Å². The summed E-state index contributed by atoms with van der Waals surface area (Å²) in [6, 6.07) is 85.2. The van der Waals surface area contributed by atoms with Crippen molar-refractivity contribution in [3.8, 4) is 61.6 Å². The van der Waals surface area contributed by atoms with Gasteiger partial charge in [0.1, 0.15) is 0 Å². The van der Waals surface area contributed by atoms with Crippen LogP contribution in [-0.2, 0) is 5.41 Å². The lowest BCUT2D eigenvalue weighted by molar-refractivity contribution is 0.626. The van der Waals surface area contributed by atoms with Gasteiger partial charge in [-0.15, -0.1) is 0 Å². The maximum atomic E-state index is 4.75. The fourth-order valence-electron chi connectivity index (χ4n) is 12.2. The van der Waals surface area contributed by atoms with Crippen molar-refractivity contribution in [2.45, 2.75) is 19.3 Å². The number of hydrogen-bond donors (Lipinski definition) is 0. The van der Waals surface area contributed by atoms with Crippen LogP contribution in [0, 0.1) is 0 Å². The fourth-order valence-corrected chi connectivity index (χ4v) is 12.2. The van der Waals surface area contributed by atoms with Crippen LogP contribution in [0.5, 0.6) is 0 Å². The molecule has 5 heterocycles. The highest BCUT2D eigenvalue weighted by Crippen LogP contribution is 2.50. The average molecular weight is 919 g/mol. The second kappa shape index (κ2) is 15.4. The van der Waals surface area contributed by atoms with Gasteiger partial charge in [-0.2, -0.15) is 0 Å². The summed E-state index contributed by atoms with van der Waals surface area (Å²) in [5.41, 5.74) is 22.4. The maximum Gasteiger partial charge on any atom is 0.0583 e. The Kier molecular flexibility index (Phi) is 8.67. The van der Waals surface area contributed by atoms with Crippen molar-refractivity contribution in [1.82, 2.24) is 18.7 Å². The number of hydrogen-bond acceptors (Lipinski definition) is 1. The topological polar surface area (TPSA) is 27.7 Å². The third-order valence-corrected chi connectivity index (χ3v) is 15.7. The summed E-state index contributed by atoms with van der Waals surface area (Å²) in [5, 5.41) is 7.36. The molecule has 0 saturated heterocycles. The average Bonchev–Trinajstić information content (AvgIpc) is 4.08. The van der Waals surface area contributed by atoms with Crippen LogP contribution < -0.4 is 0 Å². The summed E-state index contributed by atoms with van der Waals surface area (Å²) in [6.45, 7) is 4.74. The third kappa shape index (κ3) is 5.96. The molecular weight excluding hydrogens is 873 g/mol. The molecule has 0 unspecified atom stereocenters. The number of rotatable bonds is 6. The monoisotopic (exact) mass is 918 g/mol. The van der Waals surface area contributed by atoms with Crippen LogP contribution in [0.2, 0.25) is 0 Å². The van der Waals surface area contributed by atoms with E-state index in [1.807, 2.05) is 6.20 Å². The van der Waals surface area contributed by atoms with Crippen LogP contribution in [0.4, 0.5) is 0 Å². The minimum absolute atomic E-state index is 0.343. The Morgan fingerprint density at radius 3 is 1.12 bits per heavy atom. The van der Waals surface area contributed by atoms with Crippen molar-refractivity contribution in [3.05, 3.63) is 254 Å². The molecule has 0 N–H and O–H groups in total. The lowest BCUT2D eigenvalue weighted by Crippen LogP contribution is -2.26. The molecule has 0 saturated carbocycles. The van der Waals surface area contributed by atoms with Gasteiger partial charge in [0.25, 0.3) is 0 Å². The molecule has 72 heavy (non-hydrogen) atoms. The maximum absolute atomic E-state index is 4.75. The smallest absolute Gasteiger partial charge is 0.0583 e. The summed E-state index contributed by atoms with van der Waals surface area (Å²) in [4.78, 5) is 4.75. The van der Waals surface area contributed by atoms with E-state index in [0.717, 1.165) is 11.4 Å². The highest BCUT2D eigenvalue weighted by molar-refractivity contribution is 6.16. The second-order valence-electron chi connectivity index (χ2n) is 20.0. The molecule has 14 aromatic rings. The molecule has 4 nitrogen and oxygen atoms in total. The second-order valence-corrected chi connectivity index (χ2v) is 20.0. The molecule has 4 heteroatoms. The first-order chi connectivity index (χ1) is 35.5. The van der Waals surface area contributed by atoms with Gasteiger partial charge in [-0.3, -0.25) is 4.98 Å². The Balaban J connectivity index is 1.01. The Labute approximate surface area is 416 Å². The van der Waals surface area contributed by atoms with Crippen LogP contribution in [0.25, 0.3) is 127 Å². The van der Waals surface area contributed by atoms with Crippen molar-refractivity contribution < 1.29 is 0 Å². The van der Waals surface area contributed by atoms with Gasteiger partial charge in [0.2, 0.25) is 0 Å². The summed E-state index contributed by atoms with van der Waals surface area (Å²) in [5.74, 6) is 0. The summed E-state index contributed by atoms with van der Waals surface area (Å²) in [7, 11) is 0. The van der Waals surface area contributed by atoms with Crippen LogP contribution in [0.15, 0.2) is 243 Å². The van der Waals surface area contributed by atoms with Crippen LogP contribution in [0.3, 0.4) is 0 Å². The Morgan fingerprint density at radius 1 is 0.306 bits per heavy atom. The molecule has 0 fully saturated rings. The SMILES string of the molecule is CC1(C)c2cnccc2-n2c3ccc(-n4c5ccc(-c6ccccc6)cc5c5cc(-c6ccccc6)ccc54)cc3c3cc(-n4c5ccc(-c6ccccc6)cc5c5cc(-c6ccccc6)ccc54)cc1c32. The quantitative estimate of drug-likeness (QED) is 0.163. The normalized spacial score (nSPS) is 13.0. The van der Waals surface area contributed by atoms with Gasteiger partial charge >= 0.3 is 0 Å². The molecule has 4 aromatic heterocycles. The standard InChI is InChI=1S/C68H46N4/c1-68(2)59-41-52(71-63-30-25-49(45-19-11-5-12-20-45)37-55(63)56-38-50(26-31-64(56)71)46-21-13-6-14-22-46)40-58-57-39-51(27-32-65(57)72(67(58)59)66-33-34-69-42-60(66)68)70-61-28-23-47(43-15-7-3-8-16-43)35-53(61)54-36-48(24-29-62(54)70)44-17-9-4-10-18-44/h3-42H,1-2H3. The van der Waals surface area contributed by atoms with Crippen molar-refractivity contribution in [1.29, 1.82) is 0 Å². The molecule has 1 aliphatic heterocycles. The molecule has 1 aliphatic rings. The minimum Gasteiger partial charge on any atom is -0.309 e. The van der Waals surface area contributed by atoms with Gasteiger partial charge in [0.15, 0.2) is 0 Å². The zero-order valence-corrected chi connectivity index (χ0v) is 39.9. The number of nitrogens with zero attached hydrogens (tertiary/aromatic N) is 4. The lowest BCUT2D eigenvalue weighted by atomic mass is 9.75. The highest BCUT2D eigenvalue weighted by Gasteiger charge is 2.36. The first-order valence-electron chi connectivity index (χ1n) is 24.9. The van der Waals surface area contributed by atoms with Crippen LogP contribution in [-0.4, -0.2) is 18.7 Å². The van der Waals surface area contributed by atoms with Gasteiger partial charge in [0.05, 0.1) is 38.8 Å². The first kappa shape index (κ1) is 40.6. The predicted octanol–water partition coefficient (Wildman–Crippen LogP) is 17.7. The number of benzene rings is 10. The molecule has 338 valence electrons. The van der Waals surface area contributed by atoms with E-state index in [2.05, 4.69) is 264 Å². The van der Waals surface area contributed by atoms with Gasteiger partial charge in [-0.25, -0.2) is 0 Å². The molecular formula is C68H46N4. The molecule has 0 spiro atoms. The molecule has 15 rings (SSSR count). The summed E-state index contributed by atoms with van der Waals surface area (Å²) < 4.78 is 7.49. The number of fused-ring (bicyclic) bond motifs is 11. The van der Waals surface area contributed by atoms with Crippen molar-refractivity contribution in [3.63, 3.8) is 0 Å². The number of aromatic nitrogens is 4. The van der Waals surface area contributed by atoms with Crippen molar-refractivity contribution >= 4 is 65.4 Å². The zero-order valence-electron chi connectivity index (χ0n) is 39.9. The van der Waals surface area contributed by atoms with E-state index in [4.69, 9.17) is 4.98 Å². The van der Waals surface area contributed by atoms with Gasteiger partial charge in [-0.1, -0.05) is 159 Å². The molecule has 0 atom stereocenters. The molecule has 10 aromatic carbocycles. The minimum atomic E-state index is -0.343. The molecule has 0 amide bonds. The molecule has 0 bridgehead atoms. The van der Waals surface area contributed by atoms with E-state index in [0.29, 0.717) is 0 Å². The third-order valence-electron chi connectivity index (χ3n) is 15.7. The summed E-state index contributed by atoms with van der Waals surface area (Å²) in [6.07, 6.45) is 4.02. The number of pyridine rings is 1. The van der Waals surface area contributed by atoms with Gasteiger partial charge < -0.3 is 13.7 Å². The Bertz CT molecular complexity index is 4310. The first-order valence-corrected chi connectivity index (χ1v) is 24.9. The van der Waals surface area contributed by atoms with Gasteiger partial charge in [-0.05, 0) is 135 Å². The van der Waals surface area contributed by atoms with E-state index in [1.165, 1.54) is 127 Å². The van der Waals surface area contributed by atoms with E-state index in [-0.39, 0.29) is 5.41 Å². The largest absolute Gasteiger partial charge is 0.309 e. The lowest BCUT2D eigenvalue weighted by Gasteiger charge is -2.34. The zero-order chi connectivity index (χ0) is 47.7. The molecule has 0 radical (unpaired) electrons. The van der Waals surface area contributed by atoms with E-state index < -0.39 is 0 Å². The van der Waals surface area contributed by atoms with Crippen molar-refractivity contribution in [2.24, 2.45) is 0 Å². The van der Waals surface area contributed by atoms with Gasteiger partial charge in [0, 0.05) is 67.1 Å². The Morgan fingerprint density at radius 2 is 0.681 bits per heavy atom. The Hall–Kier alpha value is -9.25. The predicted molar refractivity (Wildman–Crippen MR) is 301 cm³/mol. The van der Waals surface area contributed by atoms with E-state index in [1.54, 1.807) is 0 Å². The molecule has 0 aliphatic carbocycles. The van der Waals surface area contributed by atoms with E-state index in [9.17, 15) is 0 Å². The fraction of sp³-hybridized carbons (Fsp3) is 0.0441. The van der Waals surface area contributed by atoms with Crippen LogP contribution in [0.1, 0.15) is 25.0 Å².